The van der Waals surface area contributed by atoms with Crippen LogP contribution < -0.4 is 15.6 Å². The molecular weight excluding hydrogens is 385 g/mol. The van der Waals surface area contributed by atoms with Crippen molar-refractivity contribution in [2.75, 3.05) is 24.5 Å². The molecule has 0 spiro atoms. The van der Waals surface area contributed by atoms with E-state index in [4.69, 9.17) is 11.6 Å². The van der Waals surface area contributed by atoms with E-state index in [9.17, 15) is 14.7 Å². The summed E-state index contributed by atoms with van der Waals surface area (Å²) in [5, 5.41) is 12.6. The summed E-state index contributed by atoms with van der Waals surface area (Å²) in [6.07, 6.45) is 5.42. The lowest BCUT2D eigenvalue weighted by Crippen LogP contribution is -2.40. The predicted octanol–water partition coefficient (Wildman–Crippen LogP) is 3.02. The highest BCUT2D eigenvalue weighted by Gasteiger charge is 2.36. The maximum absolute atomic E-state index is 15.2. The number of pyridine rings is 1. The zero-order valence-corrected chi connectivity index (χ0v) is 16.0. The van der Waals surface area contributed by atoms with Gasteiger partial charge >= 0.3 is 5.97 Å². The first-order chi connectivity index (χ1) is 13.5. The van der Waals surface area contributed by atoms with Crippen molar-refractivity contribution in [3.05, 3.63) is 38.9 Å². The molecule has 1 saturated carbocycles. The van der Waals surface area contributed by atoms with Gasteiger partial charge in [-0.05, 0) is 44.2 Å². The van der Waals surface area contributed by atoms with Crippen molar-refractivity contribution in [2.24, 2.45) is 5.92 Å². The summed E-state index contributed by atoms with van der Waals surface area (Å²) in [5.74, 6) is -1.49. The monoisotopic (exact) mass is 405 g/mol. The third-order valence-electron chi connectivity index (χ3n) is 6.30. The van der Waals surface area contributed by atoms with E-state index in [0.29, 0.717) is 29.7 Å². The first kappa shape index (κ1) is 17.9. The summed E-state index contributed by atoms with van der Waals surface area (Å²) < 4.78 is 17.0. The van der Waals surface area contributed by atoms with Crippen LogP contribution in [0.1, 0.15) is 42.1 Å². The molecule has 1 aromatic heterocycles. The summed E-state index contributed by atoms with van der Waals surface area (Å²) in [6, 6.07) is 2.14. The third-order valence-corrected chi connectivity index (χ3v) is 6.65. The minimum atomic E-state index is -1.32. The van der Waals surface area contributed by atoms with Crippen molar-refractivity contribution in [3.63, 3.8) is 0 Å². The highest BCUT2D eigenvalue weighted by molar-refractivity contribution is 6.36. The molecular formula is C20H21ClFN3O3. The van der Waals surface area contributed by atoms with E-state index in [1.54, 1.807) is 10.6 Å². The second-order valence-corrected chi connectivity index (χ2v) is 8.48. The number of hydrogen-bond acceptors (Lipinski definition) is 4. The van der Waals surface area contributed by atoms with E-state index in [-0.39, 0.29) is 22.0 Å². The van der Waals surface area contributed by atoms with Crippen LogP contribution in [0.25, 0.3) is 10.9 Å². The van der Waals surface area contributed by atoms with Gasteiger partial charge in [0, 0.05) is 31.4 Å². The summed E-state index contributed by atoms with van der Waals surface area (Å²) in [4.78, 5) is 26.2. The number of fused-ring (bicyclic) bond motifs is 2. The highest BCUT2D eigenvalue weighted by atomic mass is 35.5. The van der Waals surface area contributed by atoms with Gasteiger partial charge in [0.05, 0.1) is 21.6 Å². The first-order valence-electron chi connectivity index (χ1n) is 9.74. The molecule has 3 aliphatic rings. The first-order valence-corrected chi connectivity index (χ1v) is 10.1. The standard InChI is InChI=1S/C20H21ClFN3O3/c21-17-16-14(25(11-3-4-11)8-12(19(16)26)20(27)28)6-15(18(17)22)24-7-10-2-1-5-23-13(10)9-24/h6,8,10-11,13,23H,1-5,7,9H2,(H,27,28). The number of rotatable bonds is 3. The molecule has 2 saturated heterocycles. The number of piperidine rings is 1. The van der Waals surface area contributed by atoms with Crippen LogP contribution >= 0.6 is 11.6 Å². The molecule has 2 aromatic rings. The van der Waals surface area contributed by atoms with Crippen molar-refractivity contribution in [1.29, 1.82) is 0 Å². The van der Waals surface area contributed by atoms with Crippen molar-refractivity contribution >= 4 is 34.2 Å². The molecule has 8 heteroatoms. The number of aromatic carboxylic acids is 1. The van der Waals surface area contributed by atoms with Crippen molar-refractivity contribution in [2.45, 2.75) is 37.8 Å². The van der Waals surface area contributed by atoms with E-state index < -0.39 is 17.2 Å². The number of halogens is 2. The van der Waals surface area contributed by atoms with Gasteiger partial charge in [0.1, 0.15) is 5.56 Å². The molecule has 28 heavy (non-hydrogen) atoms. The molecule has 148 valence electrons. The molecule has 0 amide bonds. The van der Waals surface area contributed by atoms with Gasteiger partial charge < -0.3 is 19.9 Å². The second kappa shape index (κ2) is 6.46. The topological polar surface area (TPSA) is 74.6 Å². The van der Waals surface area contributed by atoms with Gasteiger partial charge in [0.25, 0.3) is 0 Å². The van der Waals surface area contributed by atoms with Crippen molar-refractivity contribution in [1.82, 2.24) is 9.88 Å². The number of hydrogen-bond donors (Lipinski definition) is 2. The third kappa shape index (κ3) is 2.71. The van der Waals surface area contributed by atoms with E-state index in [1.807, 2.05) is 4.90 Å². The molecule has 2 atom stereocenters. The molecule has 2 unspecified atom stereocenters. The van der Waals surface area contributed by atoms with Crippen LogP contribution in [0.2, 0.25) is 5.02 Å². The van der Waals surface area contributed by atoms with Gasteiger partial charge in [-0.3, -0.25) is 4.79 Å². The Balaban J connectivity index is 1.69. The highest BCUT2D eigenvalue weighted by Crippen LogP contribution is 2.41. The van der Waals surface area contributed by atoms with Crippen LogP contribution in [0.3, 0.4) is 0 Å². The number of carboxylic acid groups (broad SMARTS) is 1. The predicted molar refractivity (Wildman–Crippen MR) is 105 cm³/mol. The van der Waals surface area contributed by atoms with Gasteiger partial charge in [-0.2, -0.15) is 0 Å². The fraction of sp³-hybridized carbons (Fsp3) is 0.500. The fourth-order valence-electron chi connectivity index (χ4n) is 4.70. The van der Waals surface area contributed by atoms with Crippen LogP contribution in [-0.4, -0.2) is 41.3 Å². The largest absolute Gasteiger partial charge is 0.477 e. The smallest absolute Gasteiger partial charge is 0.341 e. The molecule has 3 heterocycles. The van der Waals surface area contributed by atoms with E-state index in [0.717, 1.165) is 38.8 Å². The van der Waals surface area contributed by atoms with Gasteiger partial charge in [-0.1, -0.05) is 11.6 Å². The second-order valence-electron chi connectivity index (χ2n) is 8.10. The molecule has 1 aromatic carbocycles. The quantitative estimate of drug-likeness (QED) is 0.821. The number of aromatic nitrogens is 1. The lowest BCUT2D eigenvalue weighted by Gasteiger charge is -2.24. The Hall–Kier alpha value is -2.12. The van der Waals surface area contributed by atoms with E-state index in [1.165, 1.54) is 6.20 Å². The average Bonchev–Trinajstić information content (AvgIpc) is 3.42. The lowest BCUT2D eigenvalue weighted by atomic mass is 9.94. The minimum absolute atomic E-state index is 0.0375. The molecule has 3 fully saturated rings. The van der Waals surface area contributed by atoms with Gasteiger partial charge in [-0.15, -0.1) is 0 Å². The van der Waals surface area contributed by atoms with Crippen molar-refractivity contribution in [3.8, 4) is 0 Å². The fourth-order valence-corrected chi connectivity index (χ4v) is 4.98. The maximum Gasteiger partial charge on any atom is 0.341 e. The Kier molecular flexibility index (Phi) is 4.14. The summed E-state index contributed by atoms with van der Waals surface area (Å²) in [7, 11) is 0. The number of carboxylic acids is 1. The van der Waals surface area contributed by atoms with Crippen LogP contribution in [0.15, 0.2) is 17.1 Å². The zero-order valence-electron chi connectivity index (χ0n) is 15.3. The number of carbonyl (C=O) groups is 1. The average molecular weight is 406 g/mol. The Bertz CT molecular complexity index is 1040. The molecule has 2 aliphatic heterocycles. The molecule has 0 radical (unpaired) electrons. The maximum atomic E-state index is 15.2. The van der Waals surface area contributed by atoms with Gasteiger partial charge in [-0.25, -0.2) is 9.18 Å². The van der Waals surface area contributed by atoms with Crippen LogP contribution in [0.4, 0.5) is 10.1 Å². The molecule has 5 rings (SSSR count). The summed E-state index contributed by atoms with van der Waals surface area (Å²) in [6.45, 7) is 2.43. The van der Waals surface area contributed by atoms with Crippen LogP contribution in [0.5, 0.6) is 0 Å². The SMILES string of the molecule is O=C(O)c1cn(C2CC2)c2cc(N3CC4CCCNC4C3)c(F)c(Cl)c2c1=O. The van der Waals surface area contributed by atoms with Gasteiger partial charge in [0.2, 0.25) is 5.43 Å². The lowest BCUT2D eigenvalue weighted by molar-refractivity contribution is 0.0695. The number of nitrogens with one attached hydrogen (secondary N) is 1. The Morgan fingerprint density at radius 1 is 1.29 bits per heavy atom. The van der Waals surface area contributed by atoms with Crippen LogP contribution in [0, 0.1) is 11.7 Å². The van der Waals surface area contributed by atoms with Gasteiger partial charge in [0.15, 0.2) is 5.82 Å². The molecule has 2 N–H and O–H groups in total. The summed E-state index contributed by atoms with van der Waals surface area (Å²) in [5.41, 5.74) is -0.191. The van der Waals surface area contributed by atoms with Crippen molar-refractivity contribution < 1.29 is 14.3 Å². The normalized spacial score (nSPS) is 24.6. The Morgan fingerprint density at radius 2 is 2.07 bits per heavy atom. The summed E-state index contributed by atoms with van der Waals surface area (Å²) >= 11 is 6.32. The van der Waals surface area contributed by atoms with E-state index in [2.05, 4.69) is 5.32 Å². The van der Waals surface area contributed by atoms with Crippen LogP contribution in [-0.2, 0) is 0 Å². The number of anilines is 1. The van der Waals surface area contributed by atoms with E-state index >= 15 is 4.39 Å². The number of benzene rings is 1. The Labute approximate surface area is 165 Å². The molecule has 1 aliphatic carbocycles. The Morgan fingerprint density at radius 3 is 2.75 bits per heavy atom. The number of nitrogens with zero attached hydrogens (tertiary/aromatic N) is 2. The molecule has 0 bridgehead atoms. The molecule has 6 nitrogen and oxygen atoms in total. The minimum Gasteiger partial charge on any atom is -0.477 e. The zero-order chi connectivity index (χ0) is 19.6.